The van der Waals surface area contributed by atoms with E-state index in [4.69, 9.17) is 21.1 Å². The Hall–Kier alpha value is -3.65. The van der Waals surface area contributed by atoms with Crippen LogP contribution < -0.4 is 14.8 Å². The van der Waals surface area contributed by atoms with Gasteiger partial charge < -0.3 is 14.8 Å². The predicted octanol–water partition coefficient (Wildman–Crippen LogP) is 4.26. The largest absolute Gasteiger partial charge is 0.497 e. The molecule has 164 valence electrons. The molecule has 1 N–H and O–H groups in total. The van der Waals surface area contributed by atoms with Gasteiger partial charge in [0.15, 0.2) is 5.82 Å². The molecule has 0 aliphatic heterocycles. The number of amides is 1. The lowest BCUT2D eigenvalue weighted by Gasteiger charge is -2.13. The van der Waals surface area contributed by atoms with Crippen molar-refractivity contribution in [3.8, 4) is 22.9 Å². The number of anilines is 1. The Labute approximate surface area is 190 Å². The molecule has 0 bridgehead atoms. The highest BCUT2D eigenvalue weighted by molar-refractivity contribution is 6.31. The molecule has 1 amide bonds. The summed E-state index contributed by atoms with van der Waals surface area (Å²) in [5.41, 5.74) is 3.66. The Morgan fingerprint density at radius 3 is 2.50 bits per heavy atom. The number of halogens is 1. The maximum atomic E-state index is 12.8. The minimum Gasteiger partial charge on any atom is -0.497 e. The van der Waals surface area contributed by atoms with Gasteiger partial charge in [-0.15, -0.1) is 5.10 Å². The van der Waals surface area contributed by atoms with Crippen molar-refractivity contribution in [2.75, 3.05) is 19.5 Å². The molecular formula is C23H22ClN5O3. The van der Waals surface area contributed by atoms with Crippen LogP contribution in [-0.4, -0.2) is 39.7 Å². The first kappa shape index (κ1) is 21.6. The first-order valence-electron chi connectivity index (χ1n) is 9.90. The van der Waals surface area contributed by atoms with Crippen LogP contribution in [0.15, 0.2) is 42.5 Å². The van der Waals surface area contributed by atoms with Gasteiger partial charge in [-0.1, -0.05) is 11.6 Å². The Morgan fingerprint density at radius 2 is 1.81 bits per heavy atom. The second-order valence-electron chi connectivity index (χ2n) is 7.21. The zero-order valence-electron chi connectivity index (χ0n) is 18.1. The fourth-order valence-electron chi connectivity index (χ4n) is 3.46. The van der Waals surface area contributed by atoms with Gasteiger partial charge >= 0.3 is 0 Å². The van der Waals surface area contributed by atoms with Gasteiger partial charge in [0, 0.05) is 27.5 Å². The number of nitrogens with one attached hydrogen (secondary N) is 1. The fraction of sp³-hybridized carbons (Fsp3) is 0.217. The van der Waals surface area contributed by atoms with Crippen molar-refractivity contribution in [1.29, 1.82) is 0 Å². The summed E-state index contributed by atoms with van der Waals surface area (Å²) in [6.45, 7) is 3.76. The number of fused-ring (bicyclic) bond motifs is 1. The summed E-state index contributed by atoms with van der Waals surface area (Å²) >= 11 is 6.06. The van der Waals surface area contributed by atoms with E-state index in [0.717, 1.165) is 28.3 Å². The number of carbonyl (C=O) groups excluding carboxylic acids is 1. The standard InChI is InChI=1S/C23H22ClN5O3/c1-13-18(12-21(30)26-19-11-16(24)7-10-20(19)32-4)14(2)29-23(25-13)27-22(28-29)15-5-8-17(31-3)9-6-15/h5-11H,12H2,1-4H3,(H,26,30). The van der Waals surface area contributed by atoms with Crippen molar-refractivity contribution in [1.82, 2.24) is 19.6 Å². The van der Waals surface area contributed by atoms with Crippen molar-refractivity contribution < 1.29 is 14.3 Å². The third-order valence-corrected chi connectivity index (χ3v) is 5.41. The second kappa shape index (κ2) is 8.84. The van der Waals surface area contributed by atoms with Gasteiger partial charge in [0.1, 0.15) is 11.5 Å². The number of methoxy groups -OCH3 is 2. The van der Waals surface area contributed by atoms with Gasteiger partial charge in [-0.3, -0.25) is 4.79 Å². The molecule has 4 rings (SSSR count). The molecule has 0 unspecified atom stereocenters. The Balaban J connectivity index is 1.63. The van der Waals surface area contributed by atoms with Crippen molar-refractivity contribution in [2.45, 2.75) is 20.3 Å². The van der Waals surface area contributed by atoms with Crippen LogP contribution in [0, 0.1) is 13.8 Å². The molecule has 0 saturated carbocycles. The maximum absolute atomic E-state index is 12.8. The van der Waals surface area contributed by atoms with Crippen LogP contribution >= 0.6 is 11.6 Å². The highest BCUT2D eigenvalue weighted by atomic mass is 35.5. The molecule has 2 heterocycles. The predicted molar refractivity (Wildman–Crippen MR) is 123 cm³/mol. The summed E-state index contributed by atoms with van der Waals surface area (Å²) in [4.78, 5) is 21.9. The smallest absolute Gasteiger partial charge is 0.253 e. The van der Waals surface area contributed by atoms with Crippen LogP contribution in [0.5, 0.6) is 11.5 Å². The summed E-state index contributed by atoms with van der Waals surface area (Å²) in [5, 5.41) is 7.97. The van der Waals surface area contributed by atoms with Crippen LogP contribution in [0.1, 0.15) is 17.0 Å². The van der Waals surface area contributed by atoms with Gasteiger partial charge in [0.05, 0.1) is 26.3 Å². The molecule has 4 aromatic rings. The van der Waals surface area contributed by atoms with Crippen LogP contribution in [0.3, 0.4) is 0 Å². The lowest BCUT2D eigenvalue weighted by molar-refractivity contribution is -0.115. The molecule has 0 atom stereocenters. The summed E-state index contributed by atoms with van der Waals surface area (Å²) in [6.07, 6.45) is 0.119. The van der Waals surface area contributed by atoms with E-state index in [2.05, 4.69) is 20.4 Å². The third-order valence-electron chi connectivity index (χ3n) is 5.17. The molecule has 0 fully saturated rings. The Bertz CT molecular complexity index is 1300. The van der Waals surface area contributed by atoms with E-state index in [1.54, 1.807) is 29.8 Å². The van der Waals surface area contributed by atoms with Crippen molar-refractivity contribution in [3.63, 3.8) is 0 Å². The average molecular weight is 452 g/mol. The number of benzene rings is 2. The van der Waals surface area contributed by atoms with E-state index < -0.39 is 0 Å². The number of carbonyl (C=O) groups is 1. The number of aryl methyl sites for hydroxylation is 2. The Kier molecular flexibility index (Phi) is 5.96. The number of rotatable bonds is 6. The van der Waals surface area contributed by atoms with Crippen molar-refractivity contribution >= 4 is 29.0 Å². The molecule has 0 radical (unpaired) electrons. The molecule has 9 heteroatoms. The van der Waals surface area contributed by atoms with Gasteiger partial charge in [0.2, 0.25) is 5.91 Å². The van der Waals surface area contributed by atoms with E-state index in [9.17, 15) is 4.79 Å². The minimum absolute atomic E-state index is 0.119. The van der Waals surface area contributed by atoms with Crippen molar-refractivity contribution in [3.05, 3.63) is 64.4 Å². The molecule has 0 aliphatic carbocycles. The quantitative estimate of drug-likeness (QED) is 0.471. The molecular weight excluding hydrogens is 430 g/mol. The summed E-state index contributed by atoms with van der Waals surface area (Å²) in [5.74, 6) is 2.10. The molecule has 8 nitrogen and oxygen atoms in total. The highest BCUT2D eigenvalue weighted by Gasteiger charge is 2.18. The molecule has 32 heavy (non-hydrogen) atoms. The summed E-state index contributed by atoms with van der Waals surface area (Å²) in [6, 6.07) is 12.5. The first-order chi connectivity index (χ1) is 15.4. The lowest BCUT2D eigenvalue weighted by atomic mass is 10.1. The molecule has 2 aromatic carbocycles. The topological polar surface area (TPSA) is 90.6 Å². The van der Waals surface area contributed by atoms with E-state index in [1.807, 2.05) is 38.1 Å². The Morgan fingerprint density at radius 1 is 1.06 bits per heavy atom. The number of aromatic nitrogens is 4. The summed E-state index contributed by atoms with van der Waals surface area (Å²) in [7, 11) is 3.16. The average Bonchev–Trinajstić information content (AvgIpc) is 3.21. The van der Waals surface area contributed by atoms with Crippen LogP contribution in [-0.2, 0) is 11.2 Å². The van der Waals surface area contributed by atoms with E-state index in [0.29, 0.717) is 28.1 Å². The second-order valence-corrected chi connectivity index (χ2v) is 7.64. The number of hydrogen-bond donors (Lipinski definition) is 1. The molecule has 2 aromatic heterocycles. The third kappa shape index (κ3) is 4.22. The van der Waals surface area contributed by atoms with E-state index in [-0.39, 0.29) is 12.3 Å². The molecule has 0 saturated heterocycles. The first-order valence-corrected chi connectivity index (χ1v) is 10.3. The van der Waals surface area contributed by atoms with Gasteiger partial charge in [-0.2, -0.15) is 4.98 Å². The van der Waals surface area contributed by atoms with Gasteiger partial charge in [0.25, 0.3) is 5.78 Å². The highest BCUT2D eigenvalue weighted by Crippen LogP contribution is 2.28. The number of hydrogen-bond acceptors (Lipinski definition) is 6. The fourth-order valence-corrected chi connectivity index (χ4v) is 3.63. The van der Waals surface area contributed by atoms with Gasteiger partial charge in [-0.25, -0.2) is 9.50 Å². The van der Waals surface area contributed by atoms with E-state index in [1.165, 1.54) is 7.11 Å². The van der Waals surface area contributed by atoms with Crippen LogP contribution in [0.25, 0.3) is 17.2 Å². The number of nitrogens with zero attached hydrogens (tertiary/aromatic N) is 4. The van der Waals surface area contributed by atoms with Gasteiger partial charge in [-0.05, 0) is 56.3 Å². The maximum Gasteiger partial charge on any atom is 0.253 e. The SMILES string of the molecule is COc1ccc(-c2nc3nc(C)c(CC(=O)Nc4cc(Cl)ccc4OC)c(C)n3n2)cc1. The molecule has 0 aliphatic rings. The van der Waals surface area contributed by atoms with Crippen LogP contribution in [0.2, 0.25) is 5.02 Å². The lowest BCUT2D eigenvalue weighted by Crippen LogP contribution is -2.18. The monoisotopic (exact) mass is 451 g/mol. The minimum atomic E-state index is -0.214. The zero-order chi connectivity index (χ0) is 22.8. The normalized spacial score (nSPS) is 10.9. The number of ether oxygens (including phenoxy) is 2. The van der Waals surface area contributed by atoms with Crippen LogP contribution in [0.4, 0.5) is 5.69 Å². The zero-order valence-corrected chi connectivity index (χ0v) is 18.9. The van der Waals surface area contributed by atoms with Crippen molar-refractivity contribution in [2.24, 2.45) is 0 Å². The van der Waals surface area contributed by atoms with E-state index >= 15 is 0 Å². The summed E-state index contributed by atoms with van der Waals surface area (Å²) < 4.78 is 12.2. The molecule has 0 spiro atoms.